The van der Waals surface area contributed by atoms with E-state index in [0.29, 0.717) is 24.3 Å². The lowest BCUT2D eigenvalue weighted by Crippen LogP contribution is -2.35. The molecule has 0 aromatic carbocycles. The Morgan fingerprint density at radius 3 is 2.94 bits per heavy atom. The van der Waals surface area contributed by atoms with E-state index in [4.69, 9.17) is 0 Å². The quantitative estimate of drug-likeness (QED) is 0.817. The molecular weight excluding hydrogens is 278 g/mol. The first-order chi connectivity index (χ1) is 8.54. The lowest BCUT2D eigenvalue weighted by atomic mass is 10.1. The Morgan fingerprint density at radius 1 is 1.56 bits per heavy atom. The van der Waals surface area contributed by atoms with E-state index in [9.17, 15) is 13.2 Å². The Morgan fingerprint density at radius 2 is 2.33 bits per heavy atom. The van der Waals surface area contributed by atoms with Crippen LogP contribution in [0.25, 0.3) is 0 Å². The third-order valence-corrected chi connectivity index (χ3v) is 5.53. The number of nitrogens with one attached hydrogen (secondary N) is 1. The van der Waals surface area contributed by atoms with Gasteiger partial charge in [-0.1, -0.05) is 10.9 Å². The number of carbonyl (C=O) groups excluding carboxylic acids is 1. The number of nitrogens with zero attached hydrogens (tertiary/aromatic N) is 2. The van der Waals surface area contributed by atoms with Crippen molar-refractivity contribution in [3.8, 4) is 0 Å². The van der Waals surface area contributed by atoms with Crippen molar-refractivity contribution in [3.05, 3.63) is 6.20 Å². The Hall–Kier alpha value is -1.22. The van der Waals surface area contributed by atoms with Crippen LogP contribution in [-0.2, 0) is 19.6 Å². The van der Waals surface area contributed by atoms with Gasteiger partial charge in [0.1, 0.15) is 5.00 Å². The van der Waals surface area contributed by atoms with Gasteiger partial charge in [0.25, 0.3) is 0 Å². The van der Waals surface area contributed by atoms with Crippen LogP contribution in [0.1, 0.15) is 19.3 Å². The van der Waals surface area contributed by atoms with Crippen LogP contribution >= 0.6 is 11.5 Å². The van der Waals surface area contributed by atoms with Gasteiger partial charge in [0.15, 0.2) is 0 Å². The zero-order valence-corrected chi connectivity index (χ0v) is 11.3. The molecule has 18 heavy (non-hydrogen) atoms. The second kappa shape index (κ2) is 5.19. The number of rotatable bonds is 4. The molecular formula is C9H13N3O4S2. The van der Waals surface area contributed by atoms with Crippen LogP contribution in [0.4, 0.5) is 5.00 Å². The summed E-state index contributed by atoms with van der Waals surface area (Å²) in [6, 6.07) is 0. The average Bonchev–Trinajstić information content (AvgIpc) is 2.97. The summed E-state index contributed by atoms with van der Waals surface area (Å²) in [5.74, 6) is -1.06. The van der Waals surface area contributed by atoms with Gasteiger partial charge in [-0.05, 0) is 12.8 Å². The first-order valence-corrected chi connectivity index (χ1v) is 7.73. The van der Waals surface area contributed by atoms with E-state index < -0.39 is 27.2 Å². The number of hydrogen-bond donors (Lipinski definition) is 1. The zero-order chi connectivity index (χ0) is 13.2. The fourth-order valence-electron chi connectivity index (χ4n) is 2.15. The van der Waals surface area contributed by atoms with Crippen LogP contribution < -0.4 is 4.72 Å². The lowest BCUT2D eigenvalue weighted by Gasteiger charge is -2.17. The van der Waals surface area contributed by atoms with Crippen LogP contribution in [0.3, 0.4) is 0 Å². The van der Waals surface area contributed by atoms with Gasteiger partial charge in [-0.15, -0.1) is 5.10 Å². The minimum absolute atomic E-state index is 0.352. The third-order valence-electron chi connectivity index (χ3n) is 2.96. The largest absolute Gasteiger partial charge is 0.469 e. The van der Waals surface area contributed by atoms with Crippen LogP contribution in [0.5, 0.6) is 0 Å². The van der Waals surface area contributed by atoms with Crippen molar-refractivity contribution in [1.29, 1.82) is 0 Å². The highest BCUT2D eigenvalue weighted by molar-refractivity contribution is 7.93. The van der Waals surface area contributed by atoms with E-state index in [0.717, 1.165) is 11.5 Å². The highest BCUT2D eigenvalue weighted by atomic mass is 32.2. The van der Waals surface area contributed by atoms with Gasteiger partial charge in [-0.3, -0.25) is 9.52 Å². The summed E-state index contributed by atoms with van der Waals surface area (Å²) in [5.41, 5.74) is 0. The van der Waals surface area contributed by atoms with Crippen molar-refractivity contribution >= 4 is 32.5 Å². The molecule has 0 bridgehead atoms. The molecule has 1 aliphatic carbocycles. The lowest BCUT2D eigenvalue weighted by molar-refractivity contribution is -0.145. The molecule has 0 aliphatic heterocycles. The van der Waals surface area contributed by atoms with Crippen molar-refractivity contribution in [3.63, 3.8) is 0 Å². The van der Waals surface area contributed by atoms with E-state index in [1.165, 1.54) is 13.3 Å². The maximum absolute atomic E-state index is 12.2. The summed E-state index contributed by atoms with van der Waals surface area (Å²) < 4.78 is 35.0. The summed E-state index contributed by atoms with van der Waals surface area (Å²) in [6.07, 6.45) is 3.04. The number of ether oxygens (including phenoxy) is 1. The number of hydrogen-bond acceptors (Lipinski definition) is 7. The summed E-state index contributed by atoms with van der Waals surface area (Å²) >= 11 is 0.956. The molecule has 1 aliphatic rings. The molecule has 0 radical (unpaired) electrons. The average molecular weight is 291 g/mol. The number of esters is 1. The molecule has 0 amide bonds. The maximum Gasteiger partial charge on any atom is 0.310 e. The van der Waals surface area contributed by atoms with Crippen molar-refractivity contribution in [2.45, 2.75) is 24.5 Å². The molecule has 2 unspecified atom stereocenters. The second-order valence-electron chi connectivity index (χ2n) is 4.03. The summed E-state index contributed by atoms with van der Waals surface area (Å²) in [5, 5.41) is 3.16. The van der Waals surface area contributed by atoms with Crippen LogP contribution in [0, 0.1) is 5.92 Å². The minimum Gasteiger partial charge on any atom is -0.469 e. The molecule has 0 saturated heterocycles. The van der Waals surface area contributed by atoms with Gasteiger partial charge >= 0.3 is 5.97 Å². The zero-order valence-electron chi connectivity index (χ0n) is 9.70. The van der Waals surface area contributed by atoms with Gasteiger partial charge in [-0.2, -0.15) is 0 Å². The molecule has 1 aromatic rings. The summed E-state index contributed by atoms with van der Waals surface area (Å²) in [4.78, 5) is 11.5. The molecule has 2 rings (SSSR count). The topological polar surface area (TPSA) is 98.2 Å². The molecule has 1 fully saturated rings. The van der Waals surface area contributed by atoms with E-state index in [1.54, 1.807) is 0 Å². The summed E-state index contributed by atoms with van der Waals surface area (Å²) in [7, 11) is -2.34. The van der Waals surface area contributed by atoms with Gasteiger partial charge < -0.3 is 4.74 Å². The third kappa shape index (κ3) is 2.61. The van der Waals surface area contributed by atoms with Crippen molar-refractivity contribution in [2.75, 3.05) is 11.8 Å². The smallest absolute Gasteiger partial charge is 0.310 e. The molecule has 1 heterocycles. The molecule has 9 heteroatoms. The fourth-order valence-corrected chi connectivity index (χ4v) is 4.56. The van der Waals surface area contributed by atoms with Gasteiger partial charge in [0, 0.05) is 11.5 Å². The number of carbonyl (C=O) groups is 1. The van der Waals surface area contributed by atoms with Gasteiger partial charge in [0.2, 0.25) is 10.0 Å². The molecule has 1 saturated carbocycles. The molecule has 100 valence electrons. The number of methoxy groups -OCH3 is 1. The maximum atomic E-state index is 12.2. The predicted octanol–water partition coefficient (Wildman–Crippen LogP) is 0.621. The Labute approximate surface area is 109 Å². The van der Waals surface area contributed by atoms with E-state index >= 15 is 0 Å². The number of aromatic nitrogens is 2. The van der Waals surface area contributed by atoms with E-state index in [-0.39, 0.29) is 0 Å². The standard InChI is InChI=1S/C9H13N3O4S2/c1-16-9(13)6-3-2-4-7(6)18(14,15)11-8-5-10-12-17-8/h5-7,11H,2-4H2,1H3. The SMILES string of the molecule is COC(=O)C1CCCC1S(=O)(=O)Nc1cnns1. The van der Waals surface area contributed by atoms with E-state index in [1.807, 2.05) is 0 Å². The fraction of sp³-hybridized carbons (Fsp3) is 0.667. The molecule has 2 atom stereocenters. The Balaban J connectivity index is 2.16. The van der Waals surface area contributed by atoms with Crippen LogP contribution in [0.15, 0.2) is 6.20 Å². The molecule has 0 spiro atoms. The predicted molar refractivity (Wildman–Crippen MR) is 65.6 cm³/mol. The molecule has 1 aromatic heterocycles. The normalized spacial score (nSPS) is 23.8. The van der Waals surface area contributed by atoms with E-state index in [2.05, 4.69) is 19.0 Å². The van der Waals surface area contributed by atoms with Gasteiger partial charge in [0.05, 0.1) is 24.5 Å². The molecule has 1 N–H and O–H groups in total. The second-order valence-corrected chi connectivity index (χ2v) is 6.71. The number of anilines is 1. The van der Waals surface area contributed by atoms with Crippen molar-refractivity contribution in [2.24, 2.45) is 5.92 Å². The highest BCUT2D eigenvalue weighted by Crippen LogP contribution is 2.33. The van der Waals surface area contributed by atoms with Crippen molar-refractivity contribution in [1.82, 2.24) is 9.59 Å². The molecule has 7 nitrogen and oxygen atoms in total. The van der Waals surface area contributed by atoms with Gasteiger partial charge in [-0.25, -0.2) is 8.42 Å². The summed E-state index contributed by atoms with van der Waals surface area (Å²) in [6.45, 7) is 0. The highest BCUT2D eigenvalue weighted by Gasteiger charge is 2.42. The van der Waals surface area contributed by atoms with Crippen LogP contribution in [0.2, 0.25) is 0 Å². The monoisotopic (exact) mass is 291 g/mol. The Bertz CT molecular complexity index is 514. The first kappa shape index (κ1) is 13.2. The van der Waals surface area contributed by atoms with Crippen molar-refractivity contribution < 1.29 is 17.9 Å². The number of sulfonamides is 1. The van der Waals surface area contributed by atoms with Crippen LogP contribution in [-0.4, -0.2) is 36.3 Å². The first-order valence-electron chi connectivity index (χ1n) is 5.41. The Kier molecular flexibility index (Phi) is 3.81. The minimum atomic E-state index is -3.61.